The number of hydrogen-bond acceptors (Lipinski definition) is 4. The second-order valence-electron chi connectivity index (χ2n) is 4.79. The van der Waals surface area contributed by atoms with E-state index < -0.39 is 10.0 Å². The van der Waals surface area contributed by atoms with Gasteiger partial charge in [0.15, 0.2) is 0 Å². The molecule has 1 unspecified atom stereocenters. The molecule has 0 fully saturated rings. The van der Waals surface area contributed by atoms with E-state index in [4.69, 9.17) is 10.5 Å². The minimum atomic E-state index is -3.56. The Labute approximate surface area is 115 Å². The Morgan fingerprint density at radius 2 is 1.95 bits per heavy atom. The summed E-state index contributed by atoms with van der Waals surface area (Å²) in [5, 5.41) is 0. The van der Waals surface area contributed by atoms with Gasteiger partial charge in [0.25, 0.3) is 0 Å². The third-order valence-corrected chi connectivity index (χ3v) is 5.43. The number of rotatable bonds is 5. The fraction of sp³-hybridized carbons (Fsp3) is 0.538. The van der Waals surface area contributed by atoms with Crippen molar-refractivity contribution in [1.82, 2.24) is 4.31 Å². The van der Waals surface area contributed by atoms with Crippen LogP contribution in [-0.4, -0.2) is 39.5 Å². The molecule has 0 aliphatic carbocycles. The minimum Gasteiger partial charge on any atom is -0.399 e. The number of ether oxygens (including phenoxy) is 1. The van der Waals surface area contributed by atoms with E-state index in [1.165, 1.54) is 10.4 Å². The topological polar surface area (TPSA) is 72.6 Å². The van der Waals surface area contributed by atoms with Crippen LogP contribution in [0.1, 0.15) is 18.1 Å². The van der Waals surface area contributed by atoms with Gasteiger partial charge in [-0.05, 0) is 44.0 Å². The Hall–Kier alpha value is -1.11. The molecule has 1 rings (SSSR count). The summed E-state index contributed by atoms with van der Waals surface area (Å²) < 4.78 is 31.5. The average molecular weight is 286 g/mol. The lowest BCUT2D eigenvalue weighted by Gasteiger charge is -2.25. The second kappa shape index (κ2) is 5.90. The van der Waals surface area contributed by atoms with Crippen molar-refractivity contribution in [2.45, 2.75) is 31.7 Å². The van der Waals surface area contributed by atoms with E-state index in [0.29, 0.717) is 12.3 Å². The summed E-state index contributed by atoms with van der Waals surface area (Å²) in [5.74, 6) is 0. The lowest BCUT2D eigenvalue weighted by Crippen LogP contribution is -2.38. The SMILES string of the molecule is COCC(C)N(C)S(=O)(=O)c1cc(N)cc(C)c1C. The van der Waals surface area contributed by atoms with Crippen molar-refractivity contribution in [2.75, 3.05) is 26.5 Å². The van der Waals surface area contributed by atoms with Crippen LogP contribution < -0.4 is 5.73 Å². The highest BCUT2D eigenvalue weighted by Gasteiger charge is 2.27. The van der Waals surface area contributed by atoms with Crippen LogP contribution in [0.25, 0.3) is 0 Å². The largest absolute Gasteiger partial charge is 0.399 e. The number of hydrogen-bond donors (Lipinski definition) is 1. The van der Waals surface area contributed by atoms with Crippen LogP contribution in [0.5, 0.6) is 0 Å². The van der Waals surface area contributed by atoms with Crippen LogP contribution in [0.4, 0.5) is 5.69 Å². The molecule has 6 heteroatoms. The third-order valence-electron chi connectivity index (χ3n) is 3.33. The van der Waals surface area contributed by atoms with Gasteiger partial charge < -0.3 is 10.5 Å². The number of nitrogen functional groups attached to an aromatic ring is 1. The van der Waals surface area contributed by atoms with Gasteiger partial charge in [-0.3, -0.25) is 0 Å². The summed E-state index contributed by atoms with van der Waals surface area (Å²) in [6, 6.07) is 3.04. The maximum atomic E-state index is 12.6. The van der Waals surface area contributed by atoms with Gasteiger partial charge in [0.2, 0.25) is 10.0 Å². The minimum absolute atomic E-state index is 0.240. The van der Waals surface area contributed by atoms with Gasteiger partial charge in [-0.1, -0.05) is 0 Å². The number of nitrogens with two attached hydrogens (primary N) is 1. The van der Waals surface area contributed by atoms with Crippen molar-refractivity contribution >= 4 is 15.7 Å². The quantitative estimate of drug-likeness (QED) is 0.833. The molecule has 0 spiro atoms. The van der Waals surface area contributed by atoms with Crippen LogP contribution in [0.15, 0.2) is 17.0 Å². The van der Waals surface area contributed by atoms with Crippen molar-refractivity contribution in [3.05, 3.63) is 23.3 Å². The molecule has 1 aromatic carbocycles. The van der Waals surface area contributed by atoms with Gasteiger partial charge in [-0.15, -0.1) is 0 Å². The van der Waals surface area contributed by atoms with Gasteiger partial charge in [-0.2, -0.15) is 4.31 Å². The Morgan fingerprint density at radius 1 is 1.37 bits per heavy atom. The fourth-order valence-electron chi connectivity index (χ4n) is 1.86. The molecule has 0 aliphatic heterocycles. The summed E-state index contributed by atoms with van der Waals surface area (Å²) in [7, 11) is -0.462. The molecule has 5 nitrogen and oxygen atoms in total. The van der Waals surface area contributed by atoms with Gasteiger partial charge in [0, 0.05) is 25.9 Å². The molecule has 0 bridgehead atoms. The number of likely N-dealkylation sites (N-methyl/N-ethyl adjacent to an activating group) is 1. The molecule has 0 aliphatic rings. The van der Waals surface area contributed by atoms with E-state index in [1.807, 2.05) is 6.92 Å². The fourth-order valence-corrected chi connectivity index (χ4v) is 3.54. The van der Waals surface area contributed by atoms with Gasteiger partial charge in [0.05, 0.1) is 11.5 Å². The first-order valence-electron chi connectivity index (χ1n) is 6.05. The van der Waals surface area contributed by atoms with Crippen molar-refractivity contribution in [3.8, 4) is 0 Å². The maximum Gasteiger partial charge on any atom is 0.243 e. The molecule has 0 saturated heterocycles. The standard InChI is InChI=1S/C13H22N2O3S/c1-9-6-12(14)7-13(11(9)3)19(16,17)15(4)10(2)8-18-5/h6-7,10H,8,14H2,1-5H3. The number of methoxy groups -OCH3 is 1. The molecule has 1 atom stereocenters. The van der Waals surface area contributed by atoms with Crippen LogP contribution in [0, 0.1) is 13.8 Å². The van der Waals surface area contributed by atoms with Gasteiger partial charge >= 0.3 is 0 Å². The molecule has 0 amide bonds. The monoisotopic (exact) mass is 286 g/mol. The highest BCUT2D eigenvalue weighted by molar-refractivity contribution is 7.89. The zero-order valence-electron chi connectivity index (χ0n) is 12.1. The van der Waals surface area contributed by atoms with Crippen molar-refractivity contribution in [1.29, 1.82) is 0 Å². The van der Waals surface area contributed by atoms with E-state index >= 15 is 0 Å². The maximum absolute atomic E-state index is 12.6. The number of aryl methyl sites for hydroxylation is 1. The van der Waals surface area contributed by atoms with Crippen LogP contribution in [0.3, 0.4) is 0 Å². The Kier molecular flexibility index (Phi) is 4.95. The van der Waals surface area contributed by atoms with E-state index in [-0.39, 0.29) is 10.9 Å². The smallest absolute Gasteiger partial charge is 0.243 e. The summed E-state index contributed by atoms with van der Waals surface area (Å²) >= 11 is 0. The molecule has 108 valence electrons. The first-order chi connectivity index (χ1) is 8.71. The Bertz CT molecular complexity index is 555. The predicted octanol–water partition coefficient (Wildman–Crippen LogP) is 1.54. The number of sulfonamides is 1. The Morgan fingerprint density at radius 3 is 2.47 bits per heavy atom. The first kappa shape index (κ1) is 15.9. The molecular weight excluding hydrogens is 264 g/mol. The van der Waals surface area contributed by atoms with E-state index in [2.05, 4.69) is 0 Å². The second-order valence-corrected chi connectivity index (χ2v) is 6.75. The van der Waals surface area contributed by atoms with Crippen molar-refractivity contribution in [3.63, 3.8) is 0 Å². The van der Waals surface area contributed by atoms with E-state index in [0.717, 1.165) is 11.1 Å². The molecule has 0 aromatic heterocycles. The van der Waals surface area contributed by atoms with Crippen LogP contribution in [0.2, 0.25) is 0 Å². The summed E-state index contributed by atoms with van der Waals surface area (Å²) in [4.78, 5) is 0.260. The van der Waals surface area contributed by atoms with E-state index in [1.54, 1.807) is 34.1 Å². The summed E-state index contributed by atoms with van der Waals surface area (Å²) in [5.41, 5.74) is 7.80. The number of anilines is 1. The summed E-state index contributed by atoms with van der Waals surface area (Å²) in [6.45, 7) is 5.78. The average Bonchev–Trinajstić information content (AvgIpc) is 2.32. The number of benzene rings is 1. The Balaban J connectivity index is 3.28. The molecule has 0 saturated carbocycles. The van der Waals surface area contributed by atoms with Crippen molar-refractivity contribution < 1.29 is 13.2 Å². The first-order valence-corrected chi connectivity index (χ1v) is 7.49. The van der Waals surface area contributed by atoms with E-state index in [9.17, 15) is 8.42 Å². The molecule has 2 N–H and O–H groups in total. The predicted molar refractivity (Wildman–Crippen MR) is 76.6 cm³/mol. The molecule has 0 radical (unpaired) electrons. The lowest BCUT2D eigenvalue weighted by atomic mass is 10.1. The molecule has 19 heavy (non-hydrogen) atoms. The van der Waals surface area contributed by atoms with Crippen LogP contribution in [-0.2, 0) is 14.8 Å². The zero-order chi connectivity index (χ0) is 14.8. The normalized spacial score (nSPS) is 13.8. The highest BCUT2D eigenvalue weighted by Crippen LogP contribution is 2.25. The summed E-state index contributed by atoms with van der Waals surface area (Å²) in [6.07, 6.45) is 0. The lowest BCUT2D eigenvalue weighted by molar-refractivity contribution is 0.149. The van der Waals surface area contributed by atoms with Gasteiger partial charge in [0.1, 0.15) is 0 Å². The zero-order valence-corrected chi connectivity index (χ0v) is 12.9. The molecule has 0 heterocycles. The van der Waals surface area contributed by atoms with Gasteiger partial charge in [-0.25, -0.2) is 8.42 Å². The highest BCUT2D eigenvalue weighted by atomic mass is 32.2. The molecule has 1 aromatic rings. The third kappa shape index (κ3) is 3.26. The van der Waals surface area contributed by atoms with Crippen molar-refractivity contribution in [2.24, 2.45) is 0 Å². The molecular formula is C13H22N2O3S. The number of nitrogens with zero attached hydrogens (tertiary/aromatic N) is 1. The van der Waals surface area contributed by atoms with Crippen LogP contribution >= 0.6 is 0 Å².